The highest BCUT2D eigenvalue weighted by Gasteiger charge is 2.10. The Morgan fingerprint density at radius 1 is 1.07 bits per heavy atom. The van der Waals surface area contributed by atoms with Crippen LogP contribution in [0.4, 0.5) is 5.69 Å². The minimum absolute atomic E-state index is 0.0395. The zero-order valence-electron chi connectivity index (χ0n) is 15.7. The van der Waals surface area contributed by atoms with E-state index in [1.807, 2.05) is 43.3 Å². The number of amides is 2. The summed E-state index contributed by atoms with van der Waals surface area (Å²) in [5, 5.41) is 14.9. The van der Waals surface area contributed by atoms with Crippen molar-refractivity contribution in [3.63, 3.8) is 0 Å². The third-order valence-corrected chi connectivity index (χ3v) is 4.11. The van der Waals surface area contributed by atoms with Crippen molar-refractivity contribution < 1.29 is 9.59 Å². The Kier molecular flexibility index (Phi) is 5.64. The highest BCUT2D eigenvalue weighted by atomic mass is 16.2. The zero-order chi connectivity index (χ0) is 20.1. The summed E-state index contributed by atoms with van der Waals surface area (Å²) in [5.74, 6) is -0.357. The maximum absolute atomic E-state index is 12.1. The average molecular weight is 379 g/mol. The molecule has 2 aromatic carbocycles. The highest BCUT2D eigenvalue weighted by Crippen LogP contribution is 2.14. The van der Waals surface area contributed by atoms with E-state index >= 15 is 0 Å². The predicted molar refractivity (Wildman–Crippen MR) is 104 cm³/mol. The van der Waals surface area contributed by atoms with Crippen LogP contribution in [0.1, 0.15) is 15.9 Å². The first-order valence-electron chi connectivity index (χ1n) is 8.63. The largest absolute Gasteiger partial charge is 0.378 e. The lowest BCUT2D eigenvalue weighted by Gasteiger charge is -2.12. The summed E-state index contributed by atoms with van der Waals surface area (Å²) >= 11 is 0. The van der Waals surface area contributed by atoms with Gasteiger partial charge in [-0.15, -0.1) is 10.2 Å². The molecule has 0 unspecified atom stereocenters. The second-order valence-corrected chi connectivity index (χ2v) is 6.42. The van der Waals surface area contributed by atoms with Crippen molar-refractivity contribution in [1.82, 2.24) is 25.5 Å². The molecule has 1 heterocycles. The van der Waals surface area contributed by atoms with Gasteiger partial charge in [-0.25, -0.2) is 0 Å². The molecular formula is C19H21N7O2. The number of hydrogen-bond donors (Lipinski definition) is 2. The van der Waals surface area contributed by atoms with Gasteiger partial charge in [0.25, 0.3) is 0 Å². The van der Waals surface area contributed by atoms with Crippen LogP contribution in [0.2, 0.25) is 0 Å². The summed E-state index contributed by atoms with van der Waals surface area (Å²) in [7, 11) is 3.95. The summed E-state index contributed by atoms with van der Waals surface area (Å²) in [4.78, 5) is 26.5. The molecule has 0 fully saturated rings. The number of rotatable bonds is 7. The van der Waals surface area contributed by atoms with Gasteiger partial charge in [0, 0.05) is 37.5 Å². The molecule has 9 nitrogen and oxygen atoms in total. The summed E-state index contributed by atoms with van der Waals surface area (Å²) in [5.41, 5.74) is 8.39. The Morgan fingerprint density at radius 3 is 2.36 bits per heavy atom. The van der Waals surface area contributed by atoms with Gasteiger partial charge in [0.15, 0.2) is 0 Å². The average Bonchev–Trinajstić information content (AvgIpc) is 3.15. The molecule has 0 saturated heterocycles. The Bertz CT molecular complexity index is 963. The number of anilines is 1. The topological polar surface area (TPSA) is 119 Å². The number of nitrogens with one attached hydrogen (secondary N) is 1. The lowest BCUT2D eigenvalue weighted by Crippen LogP contribution is -2.28. The monoisotopic (exact) mass is 379 g/mol. The lowest BCUT2D eigenvalue weighted by molar-refractivity contribution is -0.122. The molecule has 3 aromatic rings. The van der Waals surface area contributed by atoms with Gasteiger partial charge in [0.05, 0.1) is 0 Å². The summed E-state index contributed by atoms with van der Waals surface area (Å²) < 4.78 is 0. The van der Waals surface area contributed by atoms with Gasteiger partial charge in [-0.1, -0.05) is 24.3 Å². The summed E-state index contributed by atoms with van der Waals surface area (Å²) in [6.45, 7) is 0.380. The van der Waals surface area contributed by atoms with Gasteiger partial charge in [0.1, 0.15) is 6.54 Å². The molecule has 2 amide bonds. The van der Waals surface area contributed by atoms with Crippen molar-refractivity contribution in [2.75, 3.05) is 19.0 Å². The van der Waals surface area contributed by atoms with E-state index in [1.165, 1.54) is 4.80 Å². The number of carbonyl (C=O) groups is 2. The molecule has 0 radical (unpaired) electrons. The molecule has 144 valence electrons. The fourth-order valence-corrected chi connectivity index (χ4v) is 2.51. The minimum atomic E-state index is -0.504. The zero-order valence-corrected chi connectivity index (χ0v) is 15.7. The van der Waals surface area contributed by atoms with Crippen molar-refractivity contribution in [1.29, 1.82) is 0 Å². The van der Waals surface area contributed by atoms with E-state index in [-0.39, 0.29) is 12.5 Å². The van der Waals surface area contributed by atoms with Crippen LogP contribution in [-0.4, -0.2) is 46.1 Å². The number of carbonyl (C=O) groups excluding carboxylic acids is 2. The molecular weight excluding hydrogens is 358 g/mol. The second kappa shape index (κ2) is 8.30. The maximum Gasteiger partial charge on any atom is 0.248 e. The molecule has 0 bridgehead atoms. The van der Waals surface area contributed by atoms with E-state index < -0.39 is 5.91 Å². The standard InChI is InChI=1S/C19H21N7O2/c1-25(2)16-9-3-13(4-10-16)11-21-17(27)12-26-23-19(22-24-26)15-7-5-14(6-8-15)18(20)28/h3-10H,11-12H2,1-2H3,(H2,20,28)(H,21,27). The predicted octanol–water partition coefficient (Wildman–Crippen LogP) is 0.821. The molecule has 1 aromatic heterocycles. The van der Waals surface area contributed by atoms with Crippen LogP contribution in [0, 0.1) is 0 Å². The molecule has 0 aliphatic carbocycles. The Morgan fingerprint density at radius 2 is 1.75 bits per heavy atom. The second-order valence-electron chi connectivity index (χ2n) is 6.42. The Balaban J connectivity index is 1.55. The molecule has 0 atom stereocenters. The van der Waals surface area contributed by atoms with Crippen LogP contribution in [-0.2, 0) is 17.9 Å². The molecule has 3 rings (SSSR count). The van der Waals surface area contributed by atoms with Crippen molar-refractivity contribution in [2.45, 2.75) is 13.1 Å². The highest BCUT2D eigenvalue weighted by molar-refractivity contribution is 5.93. The van der Waals surface area contributed by atoms with Gasteiger partial charge in [-0.2, -0.15) is 4.80 Å². The summed E-state index contributed by atoms with van der Waals surface area (Å²) in [6.07, 6.45) is 0. The van der Waals surface area contributed by atoms with Crippen LogP contribution >= 0.6 is 0 Å². The number of tetrazole rings is 1. The van der Waals surface area contributed by atoms with Gasteiger partial charge in [-0.05, 0) is 35.0 Å². The molecule has 28 heavy (non-hydrogen) atoms. The molecule has 0 aliphatic rings. The molecule has 0 saturated carbocycles. The fraction of sp³-hybridized carbons (Fsp3) is 0.211. The van der Waals surface area contributed by atoms with Gasteiger partial charge < -0.3 is 16.0 Å². The molecule has 3 N–H and O–H groups in total. The Hall–Kier alpha value is -3.75. The molecule has 0 aliphatic heterocycles. The quantitative estimate of drug-likeness (QED) is 0.627. The molecule has 0 spiro atoms. The van der Waals surface area contributed by atoms with E-state index in [9.17, 15) is 9.59 Å². The first kappa shape index (κ1) is 19.0. The van der Waals surface area contributed by atoms with Crippen molar-refractivity contribution in [2.24, 2.45) is 5.73 Å². The van der Waals surface area contributed by atoms with Gasteiger partial charge in [-0.3, -0.25) is 9.59 Å². The maximum atomic E-state index is 12.1. The smallest absolute Gasteiger partial charge is 0.248 e. The van der Waals surface area contributed by atoms with Crippen LogP contribution in [0.25, 0.3) is 11.4 Å². The number of aromatic nitrogens is 4. The van der Waals surface area contributed by atoms with E-state index in [4.69, 9.17) is 5.73 Å². The van der Waals surface area contributed by atoms with Crippen LogP contribution < -0.4 is 16.0 Å². The minimum Gasteiger partial charge on any atom is -0.378 e. The first-order valence-corrected chi connectivity index (χ1v) is 8.63. The summed E-state index contributed by atoms with van der Waals surface area (Å²) in [6, 6.07) is 14.5. The third-order valence-electron chi connectivity index (χ3n) is 4.11. The third kappa shape index (κ3) is 4.70. The number of primary amides is 1. The SMILES string of the molecule is CN(C)c1ccc(CNC(=O)Cn2nnc(-c3ccc(C(N)=O)cc3)n2)cc1. The number of nitrogens with two attached hydrogens (primary N) is 1. The van der Waals surface area contributed by atoms with Crippen LogP contribution in [0.3, 0.4) is 0 Å². The van der Waals surface area contributed by atoms with Gasteiger partial charge >= 0.3 is 0 Å². The van der Waals surface area contributed by atoms with E-state index in [0.29, 0.717) is 23.5 Å². The van der Waals surface area contributed by atoms with Crippen LogP contribution in [0.5, 0.6) is 0 Å². The van der Waals surface area contributed by atoms with Crippen LogP contribution in [0.15, 0.2) is 48.5 Å². The molecule has 9 heteroatoms. The van der Waals surface area contributed by atoms with Crippen molar-refractivity contribution in [3.05, 3.63) is 59.7 Å². The van der Waals surface area contributed by atoms with Crippen molar-refractivity contribution >= 4 is 17.5 Å². The van der Waals surface area contributed by atoms with Crippen molar-refractivity contribution in [3.8, 4) is 11.4 Å². The van der Waals surface area contributed by atoms with E-state index in [1.54, 1.807) is 24.3 Å². The van der Waals surface area contributed by atoms with E-state index in [2.05, 4.69) is 20.7 Å². The lowest BCUT2D eigenvalue weighted by atomic mass is 10.1. The van der Waals surface area contributed by atoms with Gasteiger partial charge in [0.2, 0.25) is 17.6 Å². The number of hydrogen-bond acceptors (Lipinski definition) is 6. The number of benzene rings is 2. The normalized spacial score (nSPS) is 10.5. The Labute approximate surface area is 162 Å². The fourth-order valence-electron chi connectivity index (χ4n) is 2.51. The number of nitrogens with zero attached hydrogens (tertiary/aromatic N) is 5. The van der Waals surface area contributed by atoms with E-state index in [0.717, 1.165) is 11.3 Å². The first-order chi connectivity index (χ1) is 13.4.